The van der Waals surface area contributed by atoms with Crippen LogP contribution in [0, 0.1) is 0 Å². The molecule has 26 heavy (non-hydrogen) atoms. The average molecular weight is 405 g/mol. The third-order valence-electron chi connectivity index (χ3n) is 5.13. The zero-order valence-corrected chi connectivity index (χ0v) is 17.6. The number of rotatable bonds is 8. The van der Waals surface area contributed by atoms with Gasteiger partial charge in [-0.05, 0) is 18.4 Å². The molecule has 0 spiro atoms. The number of carbonyl (C=O) groups is 1. The molecule has 1 heterocycles. The number of nitrogens with zero attached hydrogens (tertiary/aromatic N) is 2. The predicted octanol–water partition coefficient (Wildman–Crippen LogP) is 2.28. The normalized spacial score (nSPS) is 15.7. The first-order chi connectivity index (χ1) is 11.5. The summed E-state index contributed by atoms with van der Waals surface area (Å²) in [5, 5.41) is 3.00. The minimum atomic E-state index is -0.274. The first-order valence-corrected chi connectivity index (χ1v) is 9.09. The Hall–Kier alpha value is -0.850. The van der Waals surface area contributed by atoms with E-state index in [-0.39, 0.29) is 36.3 Å². The van der Waals surface area contributed by atoms with Gasteiger partial charge in [-0.1, -0.05) is 44.2 Å². The van der Waals surface area contributed by atoms with Crippen LogP contribution in [0.15, 0.2) is 30.3 Å². The Balaban J connectivity index is 0.00000312. The van der Waals surface area contributed by atoms with Crippen molar-refractivity contribution in [3.05, 3.63) is 35.9 Å². The monoisotopic (exact) mass is 404 g/mol. The van der Waals surface area contributed by atoms with E-state index in [9.17, 15) is 4.79 Å². The van der Waals surface area contributed by atoms with E-state index >= 15 is 0 Å². The molecule has 0 aliphatic carbocycles. The molecule has 0 unspecified atom stereocenters. The summed E-state index contributed by atoms with van der Waals surface area (Å²) in [4.78, 5) is 16.8. The zero-order valence-electron chi connectivity index (χ0n) is 15.9. The fourth-order valence-corrected chi connectivity index (χ4v) is 2.98. The summed E-state index contributed by atoms with van der Waals surface area (Å²) < 4.78 is 0. The maximum Gasteiger partial charge on any atom is 0.234 e. The highest BCUT2D eigenvalue weighted by molar-refractivity contribution is 5.85. The molecular formula is C19H34Cl2N4O. The summed E-state index contributed by atoms with van der Waals surface area (Å²) in [7, 11) is 0. The Bertz CT molecular complexity index is 504. The Morgan fingerprint density at radius 2 is 1.58 bits per heavy atom. The van der Waals surface area contributed by atoms with E-state index in [1.54, 1.807) is 0 Å². The molecule has 150 valence electrons. The average Bonchev–Trinajstić information content (AvgIpc) is 2.62. The smallest absolute Gasteiger partial charge is 0.234 e. The lowest BCUT2D eigenvalue weighted by molar-refractivity contribution is -0.123. The Morgan fingerprint density at radius 3 is 2.12 bits per heavy atom. The lowest BCUT2D eigenvalue weighted by atomic mass is 9.94. The van der Waals surface area contributed by atoms with E-state index in [2.05, 4.69) is 53.2 Å². The van der Waals surface area contributed by atoms with E-state index in [0.29, 0.717) is 13.1 Å². The van der Waals surface area contributed by atoms with Gasteiger partial charge >= 0.3 is 0 Å². The van der Waals surface area contributed by atoms with Gasteiger partial charge in [0.25, 0.3) is 0 Å². The lowest BCUT2D eigenvalue weighted by Gasteiger charge is -2.34. The van der Waals surface area contributed by atoms with Crippen molar-refractivity contribution in [2.45, 2.75) is 38.8 Å². The highest BCUT2D eigenvalue weighted by Crippen LogP contribution is 2.10. The third-order valence-corrected chi connectivity index (χ3v) is 5.13. The van der Waals surface area contributed by atoms with E-state index in [1.165, 1.54) is 5.56 Å². The summed E-state index contributed by atoms with van der Waals surface area (Å²) in [5.41, 5.74) is 7.31. The van der Waals surface area contributed by atoms with E-state index in [1.807, 2.05) is 6.07 Å². The number of halogens is 2. The van der Waals surface area contributed by atoms with Gasteiger partial charge in [0, 0.05) is 44.8 Å². The molecule has 1 saturated heterocycles. The Labute approximate surface area is 170 Å². The third kappa shape index (κ3) is 8.23. The van der Waals surface area contributed by atoms with Gasteiger partial charge in [0.2, 0.25) is 5.91 Å². The molecule has 5 nitrogen and oxygen atoms in total. The SMILES string of the molecule is CCC(N)(CC)CNC(=O)CN1CCN(Cc2ccccc2)CC1.Cl.Cl. The highest BCUT2D eigenvalue weighted by Gasteiger charge is 2.23. The van der Waals surface area contributed by atoms with Gasteiger partial charge in [0.15, 0.2) is 0 Å². The maximum atomic E-state index is 12.1. The van der Waals surface area contributed by atoms with Crippen molar-refractivity contribution in [3.8, 4) is 0 Å². The maximum absolute atomic E-state index is 12.1. The fraction of sp³-hybridized carbons (Fsp3) is 0.632. The second-order valence-corrected chi connectivity index (χ2v) is 6.88. The van der Waals surface area contributed by atoms with Crippen molar-refractivity contribution in [2.75, 3.05) is 39.3 Å². The molecule has 0 atom stereocenters. The molecule has 1 aliphatic heterocycles. The lowest BCUT2D eigenvalue weighted by Crippen LogP contribution is -2.53. The quantitative estimate of drug-likeness (QED) is 0.697. The van der Waals surface area contributed by atoms with Crippen LogP contribution in [-0.2, 0) is 11.3 Å². The minimum absolute atomic E-state index is 0. The number of nitrogens with two attached hydrogens (primary N) is 1. The van der Waals surface area contributed by atoms with Crippen LogP contribution in [0.2, 0.25) is 0 Å². The topological polar surface area (TPSA) is 61.6 Å². The molecule has 1 aromatic carbocycles. The van der Waals surface area contributed by atoms with Crippen LogP contribution in [0.3, 0.4) is 0 Å². The first-order valence-electron chi connectivity index (χ1n) is 9.09. The number of piperazine rings is 1. The van der Waals surface area contributed by atoms with Crippen molar-refractivity contribution in [2.24, 2.45) is 5.73 Å². The number of carbonyl (C=O) groups excluding carboxylic acids is 1. The van der Waals surface area contributed by atoms with Crippen molar-refractivity contribution in [1.29, 1.82) is 0 Å². The molecular weight excluding hydrogens is 371 g/mol. The molecule has 0 bridgehead atoms. The molecule has 0 aromatic heterocycles. The zero-order chi connectivity index (χ0) is 17.4. The molecule has 1 aliphatic rings. The minimum Gasteiger partial charge on any atom is -0.353 e. The largest absolute Gasteiger partial charge is 0.353 e. The molecule has 0 saturated carbocycles. The highest BCUT2D eigenvalue weighted by atomic mass is 35.5. The summed E-state index contributed by atoms with van der Waals surface area (Å²) in [6, 6.07) is 10.5. The Kier molecular flexibility index (Phi) is 12.1. The first kappa shape index (κ1) is 25.1. The van der Waals surface area contributed by atoms with Crippen LogP contribution in [0.1, 0.15) is 32.3 Å². The van der Waals surface area contributed by atoms with Gasteiger partial charge in [0.1, 0.15) is 0 Å². The standard InChI is InChI=1S/C19H32N4O.2ClH/c1-3-19(20,4-2)16-21-18(24)15-23-12-10-22(11-13-23)14-17-8-6-5-7-9-17;;/h5-9H,3-4,10-16,20H2,1-2H3,(H,21,24);2*1H. The molecule has 3 N–H and O–H groups in total. The number of hydrogen-bond donors (Lipinski definition) is 2. The van der Waals surface area contributed by atoms with Gasteiger partial charge in [-0.3, -0.25) is 14.6 Å². The summed E-state index contributed by atoms with van der Waals surface area (Å²) in [6.45, 7) is 10.1. The van der Waals surface area contributed by atoms with E-state index in [4.69, 9.17) is 5.73 Å². The summed E-state index contributed by atoms with van der Waals surface area (Å²) in [5.74, 6) is 0.0863. The van der Waals surface area contributed by atoms with Crippen LogP contribution in [0.4, 0.5) is 0 Å². The van der Waals surface area contributed by atoms with Crippen molar-refractivity contribution < 1.29 is 4.79 Å². The van der Waals surface area contributed by atoms with Gasteiger partial charge in [0.05, 0.1) is 6.54 Å². The molecule has 1 amide bonds. The van der Waals surface area contributed by atoms with Gasteiger partial charge in [-0.15, -0.1) is 24.8 Å². The van der Waals surface area contributed by atoms with Crippen LogP contribution >= 0.6 is 24.8 Å². The number of nitrogens with one attached hydrogen (secondary N) is 1. The predicted molar refractivity (Wildman–Crippen MR) is 113 cm³/mol. The molecule has 2 rings (SSSR count). The van der Waals surface area contributed by atoms with Crippen molar-refractivity contribution >= 4 is 30.7 Å². The van der Waals surface area contributed by atoms with Crippen molar-refractivity contribution in [1.82, 2.24) is 15.1 Å². The number of hydrogen-bond acceptors (Lipinski definition) is 4. The summed E-state index contributed by atoms with van der Waals surface area (Å²) >= 11 is 0. The molecule has 0 radical (unpaired) electrons. The second kappa shape index (κ2) is 12.5. The second-order valence-electron chi connectivity index (χ2n) is 6.88. The van der Waals surface area contributed by atoms with Gasteiger partial charge in [-0.2, -0.15) is 0 Å². The van der Waals surface area contributed by atoms with Crippen molar-refractivity contribution in [3.63, 3.8) is 0 Å². The van der Waals surface area contributed by atoms with Gasteiger partial charge < -0.3 is 11.1 Å². The van der Waals surface area contributed by atoms with Gasteiger partial charge in [-0.25, -0.2) is 0 Å². The van der Waals surface area contributed by atoms with Crippen LogP contribution in [-0.4, -0.2) is 60.5 Å². The van der Waals surface area contributed by atoms with E-state index < -0.39 is 0 Å². The van der Waals surface area contributed by atoms with Crippen LogP contribution < -0.4 is 11.1 Å². The Morgan fingerprint density at radius 1 is 1.04 bits per heavy atom. The molecule has 1 fully saturated rings. The number of benzene rings is 1. The van der Waals surface area contributed by atoms with E-state index in [0.717, 1.165) is 45.6 Å². The van der Waals surface area contributed by atoms with Crippen LogP contribution in [0.5, 0.6) is 0 Å². The van der Waals surface area contributed by atoms with Crippen LogP contribution in [0.25, 0.3) is 0 Å². The fourth-order valence-electron chi connectivity index (χ4n) is 2.98. The molecule has 1 aromatic rings. The number of amides is 1. The molecule has 7 heteroatoms. The summed E-state index contributed by atoms with van der Waals surface area (Å²) in [6.07, 6.45) is 1.75.